The lowest BCUT2D eigenvalue weighted by Crippen LogP contribution is -2.07. The van der Waals surface area contributed by atoms with Crippen LogP contribution < -0.4 is 0 Å². The number of benzene rings is 1. The van der Waals surface area contributed by atoms with E-state index in [1.54, 1.807) is 26.0 Å². The zero-order valence-corrected chi connectivity index (χ0v) is 11.9. The van der Waals surface area contributed by atoms with Crippen molar-refractivity contribution in [3.63, 3.8) is 0 Å². The number of nitrogens with zero attached hydrogens (tertiary/aromatic N) is 1. The van der Waals surface area contributed by atoms with Crippen molar-refractivity contribution in [2.24, 2.45) is 0 Å². The molecule has 0 saturated carbocycles. The van der Waals surface area contributed by atoms with Gasteiger partial charge >= 0.3 is 5.97 Å². The van der Waals surface area contributed by atoms with Crippen LogP contribution in [0.2, 0.25) is 5.02 Å². The van der Waals surface area contributed by atoms with Crippen LogP contribution in [0.1, 0.15) is 23.0 Å². The van der Waals surface area contributed by atoms with Gasteiger partial charge in [-0.3, -0.25) is 4.98 Å². The molecule has 0 spiro atoms. The van der Waals surface area contributed by atoms with Gasteiger partial charge in [-0.2, -0.15) is 0 Å². The number of hydrogen-bond donors (Lipinski definition) is 0. The lowest BCUT2D eigenvalue weighted by atomic mass is 10.0. The Bertz CT molecular complexity index is 641. The fraction of sp³-hybridized carbons (Fsp3) is 0.200. The Morgan fingerprint density at radius 1 is 1.35 bits per heavy atom. The molecule has 1 heterocycles. The standard InChI is InChI=1S/C15H13ClFNO2/c1-3-20-15(19)12-8-18-9(2)13(14(12)16)10-4-6-11(17)7-5-10/h4-8H,3H2,1-2H3. The third-order valence-electron chi connectivity index (χ3n) is 2.83. The third kappa shape index (κ3) is 2.80. The van der Waals surface area contributed by atoms with Crippen molar-refractivity contribution in [1.29, 1.82) is 0 Å². The number of rotatable bonds is 3. The minimum Gasteiger partial charge on any atom is -0.462 e. The van der Waals surface area contributed by atoms with Gasteiger partial charge in [-0.15, -0.1) is 0 Å². The van der Waals surface area contributed by atoms with E-state index in [1.165, 1.54) is 18.3 Å². The molecule has 1 aromatic carbocycles. The van der Waals surface area contributed by atoms with Crippen molar-refractivity contribution in [2.75, 3.05) is 6.61 Å². The molecule has 0 unspecified atom stereocenters. The fourth-order valence-electron chi connectivity index (χ4n) is 1.88. The summed E-state index contributed by atoms with van der Waals surface area (Å²) in [6, 6.07) is 5.87. The molecule has 2 rings (SSSR count). The summed E-state index contributed by atoms with van der Waals surface area (Å²) < 4.78 is 17.9. The molecule has 0 atom stereocenters. The minimum atomic E-state index is -0.520. The van der Waals surface area contributed by atoms with E-state index in [4.69, 9.17) is 16.3 Å². The Morgan fingerprint density at radius 2 is 2.00 bits per heavy atom. The molecule has 0 aliphatic carbocycles. The highest BCUT2D eigenvalue weighted by atomic mass is 35.5. The van der Waals surface area contributed by atoms with Crippen LogP contribution in [0.25, 0.3) is 11.1 Å². The first-order valence-corrected chi connectivity index (χ1v) is 6.50. The van der Waals surface area contributed by atoms with Gasteiger partial charge in [-0.1, -0.05) is 23.7 Å². The highest BCUT2D eigenvalue weighted by Crippen LogP contribution is 2.33. The summed E-state index contributed by atoms with van der Waals surface area (Å²) in [6.45, 7) is 3.75. The maximum absolute atomic E-state index is 13.0. The summed E-state index contributed by atoms with van der Waals surface area (Å²) in [5, 5.41) is 0.266. The second kappa shape index (κ2) is 6.01. The molecule has 0 fully saturated rings. The van der Waals surface area contributed by atoms with Crippen LogP contribution in [-0.4, -0.2) is 17.6 Å². The van der Waals surface area contributed by atoms with Crippen LogP contribution in [0.4, 0.5) is 4.39 Å². The topological polar surface area (TPSA) is 39.2 Å². The Balaban J connectivity index is 2.55. The summed E-state index contributed by atoms with van der Waals surface area (Å²) in [4.78, 5) is 16.0. The van der Waals surface area contributed by atoms with Crippen molar-refractivity contribution < 1.29 is 13.9 Å². The largest absolute Gasteiger partial charge is 0.462 e. The first-order chi connectivity index (χ1) is 9.54. The number of ether oxygens (including phenoxy) is 1. The maximum Gasteiger partial charge on any atom is 0.341 e. The van der Waals surface area contributed by atoms with Crippen LogP contribution >= 0.6 is 11.6 Å². The summed E-state index contributed by atoms with van der Waals surface area (Å²) in [7, 11) is 0. The molecule has 2 aromatic rings. The quantitative estimate of drug-likeness (QED) is 0.802. The van der Waals surface area contributed by atoms with E-state index in [2.05, 4.69) is 4.98 Å². The van der Waals surface area contributed by atoms with Crippen molar-refractivity contribution in [2.45, 2.75) is 13.8 Å². The van der Waals surface area contributed by atoms with Gasteiger partial charge in [0.25, 0.3) is 0 Å². The molecule has 104 valence electrons. The highest BCUT2D eigenvalue weighted by Gasteiger charge is 2.18. The first-order valence-electron chi connectivity index (χ1n) is 6.12. The molecule has 0 amide bonds. The van der Waals surface area contributed by atoms with E-state index in [1.807, 2.05) is 0 Å². The van der Waals surface area contributed by atoms with Gasteiger partial charge in [-0.05, 0) is 31.5 Å². The number of carbonyl (C=O) groups excluding carboxylic acids is 1. The summed E-state index contributed by atoms with van der Waals surface area (Å²) in [5.41, 5.74) is 2.18. The molecule has 0 aliphatic rings. The molecule has 5 heteroatoms. The Kier molecular flexibility index (Phi) is 4.35. The second-order valence-electron chi connectivity index (χ2n) is 4.17. The number of aryl methyl sites for hydroxylation is 1. The Morgan fingerprint density at radius 3 is 2.60 bits per heavy atom. The average Bonchev–Trinajstić information content (AvgIpc) is 2.41. The molecule has 0 bridgehead atoms. The number of hydrogen-bond acceptors (Lipinski definition) is 3. The van der Waals surface area contributed by atoms with Gasteiger partial charge in [-0.25, -0.2) is 9.18 Å². The van der Waals surface area contributed by atoms with Gasteiger partial charge < -0.3 is 4.74 Å². The summed E-state index contributed by atoms with van der Waals surface area (Å²) >= 11 is 6.28. The number of esters is 1. The third-order valence-corrected chi connectivity index (χ3v) is 3.23. The molecule has 20 heavy (non-hydrogen) atoms. The van der Waals surface area contributed by atoms with E-state index < -0.39 is 5.97 Å². The van der Waals surface area contributed by atoms with E-state index in [0.29, 0.717) is 16.8 Å². The zero-order chi connectivity index (χ0) is 14.7. The van der Waals surface area contributed by atoms with Crippen LogP contribution in [0.15, 0.2) is 30.5 Å². The molecular weight excluding hydrogens is 281 g/mol. The molecule has 3 nitrogen and oxygen atoms in total. The van der Waals surface area contributed by atoms with E-state index >= 15 is 0 Å². The fourth-order valence-corrected chi connectivity index (χ4v) is 2.25. The van der Waals surface area contributed by atoms with Gasteiger partial charge in [0, 0.05) is 17.5 Å². The lowest BCUT2D eigenvalue weighted by Gasteiger charge is -2.11. The summed E-state index contributed by atoms with van der Waals surface area (Å²) in [5.74, 6) is -0.856. The van der Waals surface area contributed by atoms with Gasteiger partial charge in [0.15, 0.2) is 0 Å². The monoisotopic (exact) mass is 293 g/mol. The van der Waals surface area contributed by atoms with Crippen molar-refractivity contribution in [1.82, 2.24) is 4.98 Å². The maximum atomic E-state index is 13.0. The Labute approximate surface area is 121 Å². The van der Waals surface area contributed by atoms with Crippen LogP contribution in [0.3, 0.4) is 0 Å². The van der Waals surface area contributed by atoms with Crippen LogP contribution in [0.5, 0.6) is 0 Å². The molecule has 0 saturated heterocycles. The van der Waals surface area contributed by atoms with Crippen LogP contribution in [0, 0.1) is 12.7 Å². The number of pyridine rings is 1. The van der Waals surface area contributed by atoms with E-state index in [9.17, 15) is 9.18 Å². The molecular formula is C15H13ClFNO2. The smallest absolute Gasteiger partial charge is 0.341 e. The molecule has 0 aliphatic heterocycles. The molecule has 1 aromatic heterocycles. The van der Waals surface area contributed by atoms with Gasteiger partial charge in [0.05, 0.1) is 17.2 Å². The highest BCUT2D eigenvalue weighted by molar-refractivity contribution is 6.36. The first kappa shape index (κ1) is 14.5. The number of aromatic nitrogens is 1. The molecule has 0 radical (unpaired) electrons. The average molecular weight is 294 g/mol. The van der Waals surface area contributed by atoms with E-state index in [0.717, 1.165) is 0 Å². The SMILES string of the molecule is CCOC(=O)c1cnc(C)c(-c2ccc(F)cc2)c1Cl. The normalized spacial score (nSPS) is 10.4. The van der Waals surface area contributed by atoms with E-state index in [-0.39, 0.29) is 23.0 Å². The van der Waals surface area contributed by atoms with Gasteiger partial charge in [0.2, 0.25) is 0 Å². The zero-order valence-electron chi connectivity index (χ0n) is 11.1. The van der Waals surface area contributed by atoms with Crippen molar-refractivity contribution in [3.8, 4) is 11.1 Å². The predicted molar refractivity (Wildman–Crippen MR) is 75.3 cm³/mol. The Hall–Kier alpha value is -1.94. The number of carbonyl (C=O) groups is 1. The predicted octanol–water partition coefficient (Wildman–Crippen LogP) is 4.03. The van der Waals surface area contributed by atoms with Crippen LogP contribution in [-0.2, 0) is 4.74 Å². The van der Waals surface area contributed by atoms with Gasteiger partial charge in [0.1, 0.15) is 5.82 Å². The van der Waals surface area contributed by atoms with Crippen molar-refractivity contribution >= 4 is 17.6 Å². The minimum absolute atomic E-state index is 0.207. The molecule has 0 N–H and O–H groups in total. The van der Waals surface area contributed by atoms with Crippen molar-refractivity contribution in [3.05, 3.63) is 52.6 Å². The second-order valence-corrected chi connectivity index (χ2v) is 4.55. The number of halogens is 2. The lowest BCUT2D eigenvalue weighted by molar-refractivity contribution is 0.0526. The summed E-state index contributed by atoms with van der Waals surface area (Å²) in [6.07, 6.45) is 1.39.